The fraction of sp³-hybridized carbons (Fsp3) is 1.00. The van der Waals surface area contributed by atoms with E-state index in [0.717, 1.165) is 25.7 Å². The Balaban J connectivity index is 0. The monoisotopic (exact) mass is 352 g/mol. The maximum absolute atomic E-state index is 10.8. The minimum Gasteiger partial charge on any atom is -0.734 e. The molecule has 21 heavy (non-hydrogen) atoms. The molecule has 0 N–H and O–H groups in total. The van der Waals surface area contributed by atoms with Crippen LogP contribution in [0.15, 0.2) is 0 Å². The Morgan fingerprint density at radius 2 is 1.14 bits per heavy atom. The summed E-state index contributed by atoms with van der Waals surface area (Å²) in [5, 5.41) is 0. The van der Waals surface area contributed by atoms with E-state index in [1.54, 1.807) is 0 Å². The molecule has 0 spiro atoms. The molecule has 0 aliphatic heterocycles. The Labute approximate surface area is 150 Å². The van der Waals surface area contributed by atoms with Crippen molar-refractivity contribution in [3.05, 3.63) is 0 Å². The average molecular weight is 352 g/mol. The van der Waals surface area contributed by atoms with E-state index < -0.39 is 18.3 Å². The molecule has 0 rings (SSSR count). The zero-order valence-electron chi connectivity index (χ0n) is 13.0. The van der Waals surface area contributed by atoms with Crippen LogP contribution >= 0.6 is 0 Å². The summed E-state index contributed by atoms with van der Waals surface area (Å²) in [5.41, 5.74) is 0. The Bertz CT molecular complexity index is 433. The molecule has 6 nitrogen and oxygen atoms in total. The minimum atomic E-state index is -5.41. The summed E-state index contributed by atoms with van der Waals surface area (Å²) >= 11 is 0. The number of hydrogen-bond donors (Lipinski definition) is 0. The first-order valence-corrected chi connectivity index (χ1v) is 10.5. The topological polar surface area (TPSA) is 101 Å². The van der Waals surface area contributed by atoms with Crippen molar-refractivity contribution < 1.29 is 55.1 Å². The summed E-state index contributed by atoms with van der Waals surface area (Å²) in [7, 11) is -10.4. The van der Waals surface area contributed by atoms with Gasteiger partial charge in [0.2, 0.25) is 9.15 Å². The summed E-state index contributed by atoms with van der Waals surface area (Å²) in [6.45, 7) is 1.93. The van der Waals surface area contributed by atoms with Crippen molar-refractivity contribution in [2.75, 3.05) is 6.61 Å². The van der Waals surface area contributed by atoms with Gasteiger partial charge in [-0.05, 0) is 6.42 Å². The first-order chi connectivity index (χ1) is 9.31. The largest absolute Gasteiger partial charge is 1.00 e. The molecule has 0 aromatic carbocycles. The maximum Gasteiger partial charge on any atom is 1.00 e. The van der Waals surface area contributed by atoms with Crippen LogP contribution in [-0.4, -0.2) is 28.0 Å². The molecule has 0 saturated heterocycles. The van der Waals surface area contributed by atoms with Crippen LogP contribution in [0, 0.1) is 0 Å². The van der Waals surface area contributed by atoms with Crippen molar-refractivity contribution in [2.24, 2.45) is 0 Å². The first-order valence-electron chi connectivity index (χ1n) is 7.16. The SMILES string of the molecule is CCCCCCCCCCCCOS(=O)(=O)S(=O)(=O)[O-].[Na+]. The second-order valence-corrected chi connectivity index (χ2v) is 9.14. The molecule has 0 heterocycles. The van der Waals surface area contributed by atoms with Crippen LogP contribution in [0.3, 0.4) is 0 Å². The summed E-state index contributed by atoms with van der Waals surface area (Å²) in [5.74, 6) is 0. The minimum absolute atomic E-state index is 0. The van der Waals surface area contributed by atoms with Gasteiger partial charge in [-0.25, -0.2) is 8.42 Å². The molecule has 0 fully saturated rings. The molecule has 0 radical (unpaired) electrons. The molecule has 122 valence electrons. The van der Waals surface area contributed by atoms with Crippen LogP contribution in [0.1, 0.15) is 71.1 Å². The smallest absolute Gasteiger partial charge is 0.734 e. The standard InChI is InChI=1S/C12H26O6S2.Na/c1-2-3-4-5-6-7-8-9-10-11-12-18-20(16,17)19(13,14)15;/h2-12H2,1H3,(H,13,14,15);/q;+1/p-1. The van der Waals surface area contributed by atoms with E-state index in [1.165, 1.54) is 32.1 Å². The third-order valence-corrected chi connectivity index (χ3v) is 5.72. The van der Waals surface area contributed by atoms with E-state index in [9.17, 15) is 21.4 Å². The Kier molecular flexibility index (Phi) is 15.2. The van der Waals surface area contributed by atoms with E-state index in [1.807, 2.05) is 0 Å². The predicted octanol–water partition coefficient (Wildman–Crippen LogP) is -0.282. The van der Waals surface area contributed by atoms with Gasteiger partial charge in [0.1, 0.15) is 0 Å². The number of hydrogen-bond acceptors (Lipinski definition) is 6. The van der Waals surface area contributed by atoms with Gasteiger partial charge in [0.25, 0.3) is 0 Å². The molecule has 0 atom stereocenters. The fourth-order valence-electron chi connectivity index (χ4n) is 1.81. The van der Waals surface area contributed by atoms with Gasteiger partial charge in [0.05, 0.1) is 6.61 Å². The first kappa shape index (κ1) is 24.1. The van der Waals surface area contributed by atoms with Crippen molar-refractivity contribution in [1.29, 1.82) is 0 Å². The van der Waals surface area contributed by atoms with Crippen LogP contribution in [0.25, 0.3) is 0 Å². The second kappa shape index (κ2) is 13.3. The molecule has 9 heteroatoms. The van der Waals surface area contributed by atoms with Crippen molar-refractivity contribution in [3.63, 3.8) is 0 Å². The molecule has 0 aromatic heterocycles. The fourth-order valence-corrected chi connectivity index (χ4v) is 2.81. The predicted molar refractivity (Wildman–Crippen MR) is 76.4 cm³/mol. The zero-order valence-corrected chi connectivity index (χ0v) is 16.7. The Morgan fingerprint density at radius 1 is 0.762 bits per heavy atom. The molecule has 0 bridgehead atoms. The third-order valence-electron chi connectivity index (χ3n) is 2.98. The van der Waals surface area contributed by atoms with E-state index in [2.05, 4.69) is 11.1 Å². The van der Waals surface area contributed by atoms with Gasteiger partial charge in [-0.2, -0.15) is 8.42 Å². The molecule has 0 aliphatic rings. The van der Waals surface area contributed by atoms with Crippen LogP contribution in [-0.2, 0) is 22.5 Å². The Morgan fingerprint density at radius 3 is 1.52 bits per heavy atom. The second-order valence-electron chi connectivity index (χ2n) is 4.82. The van der Waals surface area contributed by atoms with E-state index in [4.69, 9.17) is 0 Å². The van der Waals surface area contributed by atoms with Crippen molar-refractivity contribution in [2.45, 2.75) is 71.1 Å². The van der Waals surface area contributed by atoms with Gasteiger partial charge in [-0.3, -0.25) is 4.18 Å². The molecular weight excluding hydrogens is 327 g/mol. The zero-order chi connectivity index (χ0) is 15.5. The molecule has 0 amide bonds. The van der Waals surface area contributed by atoms with E-state index in [-0.39, 0.29) is 36.2 Å². The maximum atomic E-state index is 10.8. The van der Waals surface area contributed by atoms with Crippen LogP contribution in [0.2, 0.25) is 0 Å². The van der Waals surface area contributed by atoms with Gasteiger partial charge in [0.15, 0.2) is 0 Å². The van der Waals surface area contributed by atoms with E-state index >= 15 is 0 Å². The summed E-state index contributed by atoms with van der Waals surface area (Å²) in [6, 6.07) is 0. The molecule has 0 aliphatic carbocycles. The normalized spacial score (nSPS) is 12.1. The van der Waals surface area contributed by atoms with E-state index in [0.29, 0.717) is 6.42 Å². The van der Waals surface area contributed by atoms with Gasteiger partial charge in [-0.15, -0.1) is 0 Å². The van der Waals surface area contributed by atoms with Gasteiger partial charge in [-0.1, -0.05) is 64.7 Å². The quantitative estimate of drug-likeness (QED) is 0.196. The average Bonchev–Trinajstić information content (AvgIpc) is 2.34. The molecule has 0 saturated carbocycles. The number of rotatable bonds is 13. The van der Waals surface area contributed by atoms with Gasteiger partial charge >= 0.3 is 38.7 Å². The van der Waals surface area contributed by atoms with Gasteiger partial charge in [0, 0.05) is 0 Å². The van der Waals surface area contributed by atoms with Crippen molar-refractivity contribution in [3.8, 4) is 0 Å². The van der Waals surface area contributed by atoms with Crippen LogP contribution in [0.4, 0.5) is 0 Å². The van der Waals surface area contributed by atoms with Crippen molar-refractivity contribution in [1.82, 2.24) is 0 Å². The van der Waals surface area contributed by atoms with Crippen LogP contribution in [0.5, 0.6) is 0 Å². The molecule has 0 aromatic rings. The Hall–Kier alpha value is 0.820. The summed E-state index contributed by atoms with van der Waals surface area (Å²) in [6.07, 6.45) is 10.7. The molecular formula is C12H25NaO6S2. The van der Waals surface area contributed by atoms with Gasteiger partial charge < -0.3 is 4.55 Å². The van der Waals surface area contributed by atoms with Crippen LogP contribution < -0.4 is 29.6 Å². The molecule has 0 unspecified atom stereocenters. The third kappa shape index (κ3) is 13.0. The van der Waals surface area contributed by atoms with Crippen molar-refractivity contribution >= 4 is 18.3 Å². The summed E-state index contributed by atoms with van der Waals surface area (Å²) < 4.78 is 56.6. The summed E-state index contributed by atoms with van der Waals surface area (Å²) in [4.78, 5) is 0. The number of unbranched alkanes of at least 4 members (excludes halogenated alkanes) is 9.